The van der Waals surface area contributed by atoms with Crippen LogP contribution in [0.2, 0.25) is 0 Å². The third kappa shape index (κ3) is 5.61. The van der Waals surface area contributed by atoms with Crippen LogP contribution in [0, 0.1) is 13.8 Å². The Morgan fingerprint density at radius 2 is 1.63 bits per heavy atom. The number of carbonyl (C=O) groups excluding carboxylic acids is 1. The molecule has 2 N–H and O–H groups in total. The molecule has 0 aliphatic rings. The molecule has 7 heteroatoms. The summed E-state index contributed by atoms with van der Waals surface area (Å²) in [6.07, 6.45) is 0. The Balaban J connectivity index is 1.52. The number of hydrogen-bond donors (Lipinski definition) is 2. The smallest absolute Gasteiger partial charge is 0.261 e. The first kappa shape index (κ1) is 21.4. The van der Waals surface area contributed by atoms with E-state index >= 15 is 0 Å². The Hall–Kier alpha value is -3.32. The van der Waals surface area contributed by atoms with Crippen molar-refractivity contribution in [2.45, 2.75) is 18.7 Å². The van der Waals surface area contributed by atoms with Gasteiger partial charge in [-0.1, -0.05) is 30.3 Å². The van der Waals surface area contributed by atoms with Crippen molar-refractivity contribution in [1.29, 1.82) is 0 Å². The monoisotopic (exact) mass is 424 g/mol. The van der Waals surface area contributed by atoms with Crippen LogP contribution in [0.25, 0.3) is 0 Å². The number of benzene rings is 3. The molecular formula is C23H24N2O4S. The van der Waals surface area contributed by atoms with Crippen LogP contribution >= 0.6 is 0 Å². The molecule has 0 aliphatic heterocycles. The van der Waals surface area contributed by atoms with Gasteiger partial charge >= 0.3 is 0 Å². The zero-order valence-corrected chi connectivity index (χ0v) is 17.7. The normalized spacial score (nSPS) is 11.0. The SMILES string of the molecule is Cc1ccc(C)c(OCCNC(=O)c2ccc(NS(=O)(=O)c3ccccc3)cc2)c1. The zero-order chi connectivity index (χ0) is 21.6. The van der Waals surface area contributed by atoms with Gasteiger partial charge in [-0.15, -0.1) is 0 Å². The molecule has 0 spiro atoms. The predicted molar refractivity (Wildman–Crippen MR) is 117 cm³/mol. The van der Waals surface area contributed by atoms with Crippen molar-refractivity contribution in [3.63, 3.8) is 0 Å². The molecule has 0 aromatic heterocycles. The molecule has 156 valence electrons. The van der Waals surface area contributed by atoms with E-state index in [2.05, 4.69) is 10.0 Å². The fourth-order valence-electron chi connectivity index (χ4n) is 2.79. The number of sulfonamides is 1. The Morgan fingerprint density at radius 3 is 2.33 bits per heavy atom. The van der Waals surface area contributed by atoms with Gasteiger partial charge in [-0.05, 0) is 67.4 Å². The van der Waals surface area contributed by atoms with E-state index in [-0.39, 0.29) is 10.8 Å². The number of anilines is 1. The second-order valence-electron chi connectivity index (χ2n) is 6.87. The second kappa shape index (κ2) is 9.45. The summed E-state index contributed by atoms with van der Waals surface area (Å²) in [4.78, 5) is 12.5. The van der Waals surface area contributed by atoms with E-state index in [1.807, 2.05) is 32.0 Å². The molecule has 0 bridgehead atoms. The highest BCUT2D eigenvalue weighted by molar-refractivity contribution is 7.92. The topological polar surface area (TPSA) is 84.5 Å². The molecule has 30 heavy (non-hydrogen) atoms. The largest absolute Gasteiger partial charge is 0.491 e. The number of aryl methyl sites for hydroxylation is 2. The van der Waals surface area contributed by atoms with Crippen LogP contribution in [0.3, 0.4) is 0 Å². The lowest BCUT2D eigenvalue weighted by Gasteiger charge is -2.11. The lowest BCUT2D eigenvalue weighted by molar-refractivity contribution is 0.0947. The van der Waals surface area contributed by atoms with Crippen molar-refractivity contribution in [2.75, 3.05) is 17.9 Å². The predicted octanol–water partition coefficient (Wildman–Crippen LogP) is 3.91. The van der Waals surface area contributed by atoms with Crippen LogP contribution in [0.15, 0.2) is 77.7 Å². The summed E-state index contributed by atoms with van der Waals surface area (Å²) in [7, 11) is -3.66. The number of carbonyl (C=O) groups is 1. The van der Waals surface area contributed by atoms with Crippen molar-refractivity contribution < 1.29 is 17.9 Å². The fourth-order valence-corrected chi connectivity index (χ4v) is 3.87. The first-order valence-electron chi connectivity index (χ1n) is 9.51. The zero-order valence-electron chi connectivity index (χ0n) is 16.9. The van der Waals surface area contributed by atoms with Crippen molar-refractivity contribution in [3.05, 3.63) is 89.5 Å². The van der Waals surface area contributed by atoms with Gasteiger partial charge in [-0.25, -0.2) is 8.42 Å². The van der Waals surface area contributed by atoms with Gasteiger partial charge in [0, 0.05) is 11.3 Å². The molecule has 6 nitrogen and oxygen atoms in total. The number of rotatable bonds is 8. The van der Waals surface area contributed by atoms with E-state index in [9.17, 15) is 13.2 Å². The van der Waals surface area contributed by atoms with Crippen LogP contribution in [-0.4, -0.2) is 27.5 Å². The van der Waals surface area contributed by atoms with E-state index in [1.54, 1.807) is 42.5 Å². The van der Waals surface area contributed by atoms with Gasteiger partial charge < -0.3 is 10.1 Å². The van der Waals surface area contributed by atoms with Crippen LogP contribution in [0.4, 0.5) is 5.69 Å². The molecular weight excluding hydrogens is 400 g/mol. The Bertz CT molecular complexity index is 1110. The molecule has 0 aliphatic carbocycles. The lowest BCUT2D eigenvalue weighted by atomic mass is 10.1. The first-order chi connectivity index (χ1) is 14.3. The van der Waals surface area contributed by atoms with Gasteiger partial charge in [0.05, 0.1) is 11.4 Å². The summed E-state index contributed by atoms with van der Waals surface area (Å²) in [6, 6.07) is 20.3. The second-order valence-corrected chi connectivity index (χ2v) is 8.55. The first-order valence-corrected chi connectivity index (χ1v) is 11.0. The summed E-state index contributed by atoms with van der Waals surface area (Å²) < 4.78 is 32.9. The molecule has 3 aromatic rings. The Morgan fingerprint density at radius 1 is 0.933 bits per heavy atom. The minimum Gasteiger partial charge on any atom is -0.491 e. The quantitative estimate of drug-likeness (QED) is 0.537. The van der Waals surface area contributed by atoms with Crippen molar-refractivity contribution >= 4 is 21.6 Å². The van der Waals surface area contributed by atoms with E-state index < -0.39 is 10.0 Å². The van der Waals surface area contributed by atoms with E-state index in [4.69, 9.17) is 4.74 Å². The van der Waals surface area contributed by atoms with Crippen LogP contribution < -0.4 is 14.8 Å². The molecule has 3 rings (SSSR count). The van der Waals surface area contributed by atoms with Gasteiger partial charge in [0.15, 0.2) is 0 Å². The third-order valence-corrected chi connectivity index (χ3v) is 5.84. The van der Waals surface area contributed by atoms with Crippen LogP contribution in [0.5, 0.6) is 5.75 Å². The highest BCUT2D eigenvalue weighted by Gasteiger charge is 2.14. The highest BCUT2D eigenvalue weighted by Crippen LogP contribution is 2.19. The minimum absolute atomic E-state index is 0.177. The molecule has 0 atom stereocenters. The molecule has 1 amide bonds. The number of hydrogen-bond acceptors (Lipinski definition) is 4. The minimum atomic E-state index is -3.66. The number of ether oxygens (including phenoxy) is 1. The van der Waals surface area contributed by atoms with E-state index in [1.165, 1.54) is 12.1 Å². The number of nitrogens with one attached hydrogen (secondary N) is 2. The summed E-state index contributed by atoms with van der Waals surface area (Å²) in [5.41, 5.74) is 2.97. The average molecular weight is 425 g/mol. The van der Waals surface area contributed by atoms with Crippen molar-refractivity contribution in [3.8, 4) is 5.75 Å². The van der Waals surface area contributed by atoms with Gasteiger partial charge in [0.25, 0.3) is 15.9 Å². The lowest BCUT2D eigenvalue weighted by Crippen LogP contribution is -2.28. The van der Waals surface area contributed by atoms with Gasteiger partial charge in [-0.3, -0.25) is 9.52 Å². The van der Waals surface area contributed by atoms with Crippen molar-refractivity contribution in [1.82, 2.24) is 5.32 Å². The summed E-state index contributed by atoms with van der Waals surface area (Å²) in [5, 5.41) is 2.79. The van der Waals surface area contributed by atoms with E-state index in [0.717, 1.165) is 16.9 Å². The van der Waals surface area contributed by atoms with Crippen LogP contribution in [-0.2, 0) is 10.0 Å². The number of amides is 1. The molecule has 0 saturated carbocycles. The van der Waals surface area contributed by atoms with E-state index in [0.29, 0.717) is 24.4 Å². The highest BCUT2D eigenvalue weighted by atomic mass is 32.2. The van der Waals surface area contributed by atoms with Gasteiger partial charge in [0.2, 0.25) is 0 Å². The maximum absolute atomic E-state index is 12.4. The summed E-state index contributed by atoms with van der Waals surface area (Å²) >= 11 is 0. The Labute approximate surface area is 177 Å². The average Bonchev–Trinajstić information content (AvgIpc) is 2.74. The molecule has 0 fully saturated rings. The standard InChI is InChI=1S/C23H24N2O4S/c1-17-8-9-18(2)22(16-17)29-15-14-24-23(26)19-10-12-20(13-11-19)25-30(27,28)21-6-4-3-5-7-21/h3-13,16,25H,14-15H2,1-2H3,(H,24,26). The van der Waals surface area contributed by atoms with Gasteiger partial charge in [0.1, 0.15) is 12.4 Å². The van der Waals surface area contributed by atoms with Crippen molar-refractivity contribution in [2.24, 2.45) is 0 Å². The maximum Gasteiger partial charge on any atom is 0.261 e. The molecule has 0 saturated heterocycles. The molecule has 0 radical (unpaired) electrons. The van der Waals surface area contributed by atoms with Gasteiger partial charge in [-0.2, -0.15) is 0 Å². The Kier molecular flexibility index (Phi) is 6.74. The molecule has 0 heterocycles. The molecule has 0 unspecified atom stereocenters. The van der Waals surface area contributed by atoms with Crippen LogP contribution in [0.1, 0.15) is 21.5 Å². The summed E-state index contributed by atoms with van der Waals surface area (Å²) in [6.45, 7) is 4.68. The summed E-state index contributed by atoms with van der Waals surface area (Å²) in [5.74, 6) is 0.552. The molecule has 3 aromatic carbocycles. The maximum atomic E-state index is 12.4. The third-order valence-electron chi connectivity index (χ3n) is 4.44. The fraction of sp³-hybridized carbons (Fsp3) is 0.174.